The molecule has 162 valence electrons. The molecular formula is C22H28N2O4S2. The van der Waals surface area contributed by atoms with Gasteiger partial charge in [-0.2, -0.15) is 4.31 Å². The first-order valence-electron chi connectivity index (χ1n) is 10.0. The van der Waals surface area contributed by atoms with E-state index in [1.54, 1.807) is 36.0 Å². The molecule has 1 atom stereocenters. The van der Waals surface area contributed by atoms with E-state index in [4.69, 9.17) is 4.74 Å². The summed E-state index contributed by atoms with van der Waals surface area (Å²) in [4.78, 5) is 13.8. The summed E-state index contributed by atoms with van der Waals surface area (Å²) >= 11 is 1.69. The first-order valence-corrected chi connectivity index (χ1v) is 12.7. The molecular weight excluding hydrogens is 420 g/mol. The maximum Gasteiger partial charge on any atom is 0.243 e. The van der Waals surface area contributed by atoms with Crippen LogP contribution in [0.3, 0.4) is 0 Å². The van der Waals surface area contributed by atoms with E-state index >= 15 is 0 Å². The SMILES string of the molecule is CSc1ccc([C@H](C)NC(=O)CCc2ccc(S(=O)(=O)N3CCOCC3)cc2)cc1. The number of nitrogens with zero attached hydrogens (tertiary/aromatic N) is 1. The fourth-order valence-corrected chi connectivity index (χ4v) is 5.13. The number of ether oxygens (including phenoxy) is 1. The van der Waals surface area contributed by atoms with E-state index < -0.39 is 10.0 Å². The highest BCUT2D eigenvalue weighted by Gasteiger charge is 2.26. The lowest BCUT2D eigenvalue weighted by Gasteiger charge is -2.26. The second kappa shape index (κ2) is 10.4. The van der Waals surface area contributed by atoms with Crippen LogP contribution in [0, 0.1) is 0 Å². The minimum atomic E-state index is -3.49. The van der Waals surface area contributed by atoms with Crippen molar-refractivity contribution in [3.63, 3.8) is 0 Å². The van der Waals surface area contributed by atoms with Crippen LogP contribution in [0.4, 0.5) is 0 Å². The molecule has 1 aliphatic heterocycles. The van der Waals surface area contributed by atoms with Crippen molar-refractivity contribution in [2.45, 2.75) is 35.6 Å². The maximum atomic E-state index is 12.7. The van der Waals surface area contributed by atoms with Crippen LogP contribution in [0.25, 0.3) is 0 Å². The molecule has 1 amide bonds. The molecule has 0 aromatic heterocycles. The van der Waals surface area contributed by atoms with E-state index in [9.17, 15) is 13.2 Å². The van der Waals surface area contributed by atoms with Crippen LogP contribution in [0.15, 0.2) is 58.3 Å². The molecule has 0 aliphatic carbocycles. The number of morpholine rings is 1. The van der Waals surface area contributed by atoms with Gasteiger partial charge in [-0.1, -0.05) is 24.3 Å². The summed E-state index contributed by atoms with van der Waals surface area (Å²) < 4.78 is 32.0. The molecule has 2 aromatic carbocycles. The second-order valence-electron chi connectivity index (χ2n) is 7.22. The molecule has 0 radical (unpaired) electrons. The molecule has 0 spiro atoms. The average molecular weight is 449 g/mol. The van der Waals surface area contributed by atoms with Gasteiger partial charge in [-0.3, -0.25) is 4.79 Å². The summed E-state index contributed by atoms with van der Waals surface area (Å²) in [5.41, 5.74) is 2.00. The quantitative estimate of drug-likeness (QED) is 0.628. The standard InChI is InChI=1S/C22H28N2O4S2/c1-17(19-6-8-20(29-2)9-7-19)23-22(25)12-5-18-3-10-21(11-4-18)30(26,27)24-13-15-28-16-14-24/h3-4,6-11,17H,5,12-16H2,1-2H3,(H,23,25)/t17-/m0/s1. The van der Waals surface area contributed by atoms with Crippen molar-refractivity contribution in [3.8, 4) is 0 Å². The Hall–Kier alpha value is -1.87. The number of hydrogen-bond donors (Lipinski definition) is 1. The second-order valence-corrected chi connectivity index (χ2v) is 10.0. The largest absolute Gasteiger partial charge is 0.379 e. The van der Waals surface area contributed by atoms with E-state index in [-0.39, 0.29) is 16.8 Å². The van der Waals surface area contributed by atoms with Gasteiger partial charge in [0.25, 0.3) is 0 Å². The number of hydrogen-bond acceptors (Lipinski definition) is 5. The molecule has 1 saturated heterocycles. The first kappa shape index (κ1) is 22.8. The van der Waals surface area contributed by atoms with Crippen LogP contribution in [0.2, 0.25) is 0 Å². The maximum absolute atomic E-state index is 12.7. The third kappa shape index (κ3) is 5.85. The van der Waals surface area contributed by atoms with Crippen LogP contribution in [0.5, 0.6) is 0 Å². The lowest BCUT2D eigenvalue weighted by Crippen LogP contribution is -2.40. The summed E-state index contributed by atoms with van der Waals surface area (Å²) in [5, 5.41) is 3.02. The van der Waals surface area contributed by atoms with Gasteiger partial charge >= 0.3 is 0 Å². The highest BCUT2D eigenvalue weighted by Crippen LogP contribution is 2.20. The minimum Gasteiger partial charge on any atom is -0.379 e. The lowest BCUT2D eigenvalue weighted by atomic mass is 10.1. The molecule has 1 heterocycles. The zero-order valence-electron chi connectivity index (χ0n) is 17.3. The van der Waals surface area contributed by atoms with Crippen LogP contribution in [-0.4, -0.2) is 51.2 Å². The number of benzene rings is 2. The van der Waals surface area contributed by atoms with Gasteiger partial charge in [-0.25, -0.2) is 8.42 Å². The molecule has 0 bridgehead atoms. The van der Waals surface area contributed by atoms with Gasteiger partial charge in [0.05, 0.1) is 24.2 Å². The van der Waals surface area contributed by atoms with Crippen molar-refractivity contribution in [2.24, 2.45) is 0 Å². The number of carbonyl (C=O) groups is 1. The molecule has 1 aliphatic rings. The smallest absolute Gasteiger partial charge is 0.243 e. The number of carbonyl (C=O) groups excluding carboxylic acids is 1. The topological polar surface area (TPSA) is 75.7 Å². The summed E-state index contributed by atoms with van der Waals surface area (Å²) in [6, 6.07) is 14.9. The van der Waals surface area contributed by atoms with Gasteiger partial charge in [-0.15, -0.1) is 11.8 Å². The Morgan fingerprint density at radius 2 is 1.73 bits per heavy atom. The summed E-state index contributed by atoms with van der Waals surface area (Å²) in [7, 11) is -3.49. The van der Waals surface area contributed by atoms with Gasteiger partial charge in [0, 0.05) is 24.4 Å². The van der Waals surface area contributed by atoms with E-state index in [1.807, 2.05) is 25.3 Å². The first-order chi connectivity index (χ1) is 14.4. The fraction of sp³-hybridized carbons (Fsp3) is 0.409. The van der Waals surface area contributed by atoms with Crippen LogP contribution in [-0.2, 0) is 26.0 Å². The van der Waals surface area contributed by atoms with Crippen molar-refractivity contribution < 1.29 is 17.9 Å². The van der Waals surface area contributed by atoms with E-state index in [0.717, 1.165) is 11.1 Å². The predicted octanol–water partition coefficient (Wildman–Crippen LogP) is 3.24. The number of nitrogens with one attached hydrogen (secondary N) is 1. The predicted molar refractivity (Wildman–Crippen MR) is 119 cm³/mol. The normalized spacial score (nSPS) is 16.2. The number of amides is 1. The Balaban J connectivity index is 1.52. The molecule has 6 nitrogen and oxygen atoms in total. The van der Waals surface area contributed by atoms with Gasteiger partial charge in [0.2, 0.25) is 15.9 Å². The zero-order valence-corrected chi connectivity index (χ0v) is 19.0. The highest BCUT2D eigenvalue weighted by atomic mass is 32.2. The van der Waals surface area contributed by atoms with Crippen LogP contribution in [0.1, 0.15) is 30.5 Å². The summed E-state index contributed by atoms with van der Waals surface area (Å²) in [6.45, 7) is 3.57. The van der Waals surface area contributed by atoms with E-state index in [0.29, 0.717) is 39.1 Å². The molecule has 2 aromatic rings. The average Bonchev–Trinajstić information content (AvgIpc) is 2.78. The lowest BCUT2D eigenvalue weighted by molar-refractivity contribution is -0.121. The van der Waals surface area contributed by atoms with Gasteiger partial charge in [0.15, 0.2) is 0 Å². The fourth-order valence-electron chi connectivity index (χ4n) is 3.31. The third-order valence-corrected chi connectivity index (χ3v) is 7.82. The summed E-state index contributed by atoms with van der Waals surface area (Å²) in [6.07, 6.45) is 2.94. The molecule has 30 heavy (non-hydrogen) atoms. The number of thioether (sulfide) groups is 1. The molecule has 8 heteroatoms. The highest BCUT2D eigenvalue weighted by molar-refractivity contribution is 7.98. The Kier molecular flexibility index (Phi) is 7.93. The van der Waals surface area contributed by atoms with Crippen LogP contribution >= 0.6 is 11.8 Å². The molecule has 1 fully saturated rings. The minimum absolute atomic E-state index is 0.0264. The zero-order chi connectivity index (χ0) is 21.6. The van der Waals surface area contributed by atoms with Gasteiger partial charge in [-0.05, 0) is 55.0 Å². The Morgan fingerprint density at radius 3 is 2.33 bits per heavy atom. The number of rotatable bonds is 8. The van der Waals surface area contributed by atoms with E-state index in [1.165, 1.54) is 9.20 Å². The summed E-state index contributed by atoms with van der Waals surface area (Å²) in [5.74, 6) is -0.0264. The van der Waals surface area contributed by atoms with Crippen molar-refractivity contribution in [1.29, 1.82) is 0 Å². The van der Waals surface area contributed by atoms with Gasteiger partial charge < -0.3 is 10.1 Å². The monoisotopic (exact) mass is 448 g/mol. The van der Waals surface area contributed by atoms with Crippen molar-refractivity contribution in [1.82, 2.24) is 9.62 Å². The molecule has 1 N–H and O–H groups in total. The van der Waals surface area contributed by atoms with Crippen LogP contribution < -0.4 is 5.32 Å². The Labute approximate surface area is 183 Å². The van der Waals surface area contributed by atoms with Crippen molar-refractivity contribution >= 4 is 27.7 Å². The molecule has 3 rings (SSSR count). The number of aryl methyl sites for hydroxylation is 1. The van der Waals surface area contributed by atoms with Crippen molar-refractivity contribution in [2.75, 3.05) is 32.6 Å². The molecule has 0 saturated carbocycles. The molecule has 0 unspecified atom stereocenters. The van der Waals surface area contributed by atoms with Gasteiger partial charge in [0.1, 0.15) is 0 Å². The third-order valence-electron chi connectivity index (χ3n) is 5.17. The van der Waals surface area contributed by atoms with E-state index in [2.05, 4.69) is 17.4 Å². The number of sulfonamides is 1. The Morgan fingerprint density at radius 1 is 1.10 bits per heavy atom. The van der Waals surface area contributed by atoms with Crippen molar-refractivity contribution in [3.05, 3.63) is 59.7 Å². The Bertz CT molecular complexity index is 938.